The van der Waals surface area contributed by atoms with E-state index >= 15 is 0 Å². The van der Waals surface area contributed by atoms with E-state index in [1.54, 1.807) is 6.20 Å². The van der Waals surface area contributed by atoms with Gasteiger partial charge in [0.05, 0.1) is 30.9 Å². The van der Waals surface area contributed by atoms with Crippen LogP contribution in [0.3, 0.4) is 0 Å². The predicted octanol–water partition coefficient (Wildman–Crippen LogP) is 1.06. The summed E-state index contributed by atoms with van der Waals surface area (Å²) in [6.07, 6.45) is 4.82. The number of rotatable bonds is 2. The van der Waals surface area contributed by atoms with Gasteiger partial charge in [0, 0.05) is 12.7 Å². The van der Waals surface area contributed by atoms with E-state index in [1.807, 2.05) is 6.07 Å². The van der Waals surface area contributed by atoms with E-state index in [1.165, 1.54) is 5.56 Å². The molecular formula is C14H18N2O2. The van der Waals surface area contributed by atoms with Crippen molar-refractivity contribution in [2.45, 2.75) is 31.2 Å². The number of aromatic nitrogens is 1. The Kier molecular flexibility index (Phi) is 3.39. The SMILES string of the molecule is O=C(C1COCCN1)C1CCCc2cccnc21. The highest BCUT2D eigenvalue weighted by Crippen LogP contribution is 2.31. The van der Waals surface area contributed by atoms with E-state index in [9.17, 15) is 4.79 Å². The van der Waals surface area contributed by atoms with Gasteiger partial charge in [-0.25, -0.2) is 0 Å². The zero-order valence-corrected chi connectivity index (χ0v) is 10.4. The number of carbonyl (C=O) groups excluding carboxylic acids is 1. The number of pyridine rings is 1. The Morgan fingerprint density at radius 3 is 3.28 bits per heavy atom. The molecule has 2 unspecified atom stereocenters. The van der Waals surface area contributed by atoms with Crippen LogP contribution in [0.1, 0.15) is 30.0 Å². The number of ketones is 1. The van der Waals surface area contributed by atoms with Gasteiger partial charge in [-0.1, -0.05) is 6.07 Å². The highest BCUT2D eigenvalue weighted by molar-refractivity contribution is 5.90. The molecule has 2 aliphatic rings. The standard InChI is InChI=1S/C14H18N2O2/c17-14(12-9-18-8-7-15-12)11-5-1-3-10-4-2-6-16-13(10)11/h2,4,6,11-12,15H,1,3,5,7-9H2. The maximum absolute atomic E-state index is 12.5. The van der Waals surface area contributed by atoms with Gasteiger partial charge in [-0.15, -0.1) is 0 Å². The van der Waals surface area contributed by atoms with E-state index in [4.69, 9.17) is 4.74 Å². The Bertz CT molecular complexity index is 441. The summed E-state index contributed by atoms with van der Waals surface area (Å²) in [5.41, 5.74) is 2.22. The van der Waals surface area contributed by atoms with Gasteiger partial charge in [0.1, 0.15) is 0 Å². The van der Waals surface area contributed by atoms with Gasteiger partial charge in [-0.3, -0.25) is 9.78 Å². The number of Topliss-reactive ketones (excluding diaryl/α,β-unsaturated/α-hetero) is 1. The molecule has 4 nitrogen and oxygen atoms in total. The van der Waals surface area contributed by atoms with E-state index in [2.05, 4.69) is 16.4 Å². The summed E-state index contributed by atoms with van der Waals surface area (Å²) in [5, 5.41) is 3.24. The van der Waals surface area contributed by atoms with Crippen LogP contribution in [-0.2, 0) is 16.0 Å². The maximum Gasteiger partial charge on any atom is 0.161 e. The van der Waals surface area contributed by atoms with Gasteiger partial charge in [-0.2, -0.15) is 0 Å². The Balaban J connectivity index is 1.82. The fourth-order valence-corrected chi connectivity index (χ4v) is 2.88. The quantitative estimate of drug-likeness (QED) is 0.847. The minimum Gasteiger partial charge on any atom is -0.378 e. The number of ether oxygens (including phenoxy) is 1. The largest absolute Gasteiger partial charge is 0.378 e. The van der Waals surface area contributed by atoms with Gasteiger partial charge >= 0.3 is 0 Å². The Hall–Kier alpha value is -1.26. The summed E-state index contributed by atoms with van der Waals surface area (Å²) < 4.78 is 5.38. The number of hydrogen-bond donors (Lipinski definition) is 1. The molecule has 1 fully saturated rings. The molecule has 1 saturated heterocycles. The first-order chi connectivity index (χ1) is 8.86. The van der Waals surface area contributed by atoms with Crippen LogP contribution in [0.15, 0.2) is 18.3 Å². The van der Waals surface area contributed by atoms with Crippen molar-refractivity contribution in [3.05, 3.63) is 29.6 Å². The van der Waals surface area contributed by atoms with Crippen molar-refractivity contribution in [3.63, 3.8) is 0 Å². The molecule has 0 spiro atoms. The maximum atomic E-state index is 12.5. The van der Waals surface area contributed by atoms with Crippen molar-refractivity contribution in [3.8, 4) is 0 Å². The van der Waals surface area contributed by atoms with E-state index in [0.717, 1.165) is 31.5 Å². The lowest BCUT2D eigenvalue weighted by molar-refractivity contribution is -0.125. The van der Waals surface area contributed by atoms with Crippen LogP contribution >= 0.6 is 0 Å². The van der Waals surface area contributed by atoms with E-state index < -0.39 is 0 Å². The Morgan fingerprint density at radius 1 is 1.50 bits per heavy atom. The lowest BCUT2D eigenvalue weighted by Crippen LogP contribution is -2.48. The van der Waals surface area contributed by atoms with Gasteiger partial charge in [0.2, 0.25) is 0 Å². The van der Waals surface area contributed by atoms with Crippen molar-refractivity contribution in [1.29, 1.82) is 0 Å². The van der Waals surface area contributed by atoms with Gasteiger partial charge in [0.15, 0.2) is 5.78 Å². The van der Waals surface area contributed by atoms with Crippen molar-refractivity contribution in [2.75, 3.05) is 19.8 Å². The molecule has 0 amide bonds. The van der Waals surface area contributed by atoms with Crippen LogP contribution in [-0.4, -0.2) is 36.6 Å². The Morgan fingerprint density at radius 2 is 2.44 bits per heavy atom. The first-order valence-corrected chi connectivity index (χ1v) is 6.65. The highest BCUT2D eigenvalue weighted by atomic mass is 16.5. The summed E-state index contributed by atoms with van der Waals surface area (Å²) in [5.74, 6) is 0.198. The molecule has 0 aromatic carbocycles. The van der Waals surface area contributed by atoms with Crippen LogP contribution in [0.2, 0.25) is 0 Å². The molecule has 1 N–H and O–H groups in total. The van der Waals surface area contributed by atoms with Crippen molar-refractivity contribution in [1.82, 2.24) is 10.3 Å². The second kappa shape index (κ2) is 5.16. The van der Waals surface area contributed by atoms with Gasteiger partial charge in [-0.05, 0) is 30.9 Å². The third-order valence-electron chi connectivity index (χ3n) is 3.80. The van der Waals surface area contributed by atoms with E-state index in [-0.39, 0.29) is 17.7 Å². The van der Waals surface area contributed by atoms with Gasteiger partial charge in [0.25, 0.3) is 0 Å². The number of nitrogens with one attached hydrogen (secondary N) is 1. The molecule has 3 rings (SSSR count). The summed E-state index contributed by atoms with van der Waals surface area (Å²) in [4.78, 5) is 17.0. The van der Waals surface area contributed by atoms with Crippen molar-refractivity contribution >= 4 is 5.78 Å². The molecule has 0 radical (unpaired) electrons. The lowest BCUT2D eigenvalue weighted by atomic mass is 9.82. The predicted molar refractivity (Wildman–Crippen MR) is 67.5 cm³/mol. The van der Waals surface area contributed by atoms with Crippen LogP contribution in [0, 0.1) is 0 Å². The number of nitrogens with zero attached hydrogens (tertiary/aromatic N) is 1. The molecule has 1 aliphatic heterocycles. The first-order valence-electron chi connectivity index (χ1n) is 6.65. The molecule has 2 atom stereocenters. The number of hydrogen-bond acceptors (Lipinski definition) is 4. The normalized spacial score (nSPS) is 27.6. The van der Waals surface area contributed by atoms with Crippen molar-refractivity contribution in [2.24, 2.45) is 0 Å². The summed E-state index contributed by atoms with van der Waals surface area (Å²) >= 11 is 0. The smallest absolute Gasteiger partial charge is 0.161 e. The third-order valence-corrected chi connectivity index (χ3v) is 3.80. The number of carbonyl (C=O) groups is 1. The zero-order valence-electron chi connectivity index (χ0n) is 10.4. The molecule has 96 valence electrons. The minimum atomic E-state index is -0.156. The minimum absolute atomic E-state index is 0.0471. The van der Waals surface area contributed by atoms with Crippen LogP contribution in [0.5, 0.6) is 0 Å². The molecule has 4 heteroatoms. The Labute approximate surface area is 107 Å². The topological polar surface area (TPSA) is 51.2 Å². The first kappa shape index (κ1) is 11.8. The molecule has 0 saturated carbocycles. The number of fused-ring (bicyclic) bond motifs is 1. The molecule has 18 heavy (non-hydrogen) atoms. The van der Waals surface area contributed by atoms with Crippen LogP contribution in [0.4, 0.5) is 0 Å². The third kappa shape index (κ3) is 2.18. The second-order valence-electron chi connectivity index (χ2n) is 4.98. The second-order valence-corrected chi connectivity index (χ2v) is 4.98. The van der Waals surface area contributed by atoms with E-state index in [0.29, 0.717) is 13.2 Å². The molecule has 2 heterocycles. The summed E-state index contributed by atoms with van der Waals surface area (Å²) in [6.45, 7) is 1.96. The average Bonchev–Trinajstić information content (AvgIpc) is 2.47. The fourth-order valence-electron chi connectivity index (χ4n) is 2.88. The molecule has 1 aliphatic carbocycles. The van der Waals surface area contributed by atoms with Gasteiger partial charge < -0.3 is 10.1 Å². The number of aryl methyl sites for hydroxylation is 1. The molecule has 0 bridgehead atoms. The lowest BCUT2D eigenvalue weighted by Gasteiger charge is -2.29. The summed E-state index contributed by atoms with van der Waals surface area (Å²) in [6, 6.07) is 3.89. The fraction of sp³-hybridized carbons (Fsp3) is 0.571. The zero-order chi connectivity index (χ0) is 12.4. The average molecular weight is 246 g/mol. The highest BCUT2D eigenvalue weighted by Gasteiger charge is 2.33. The number of morpholine rings is 1. The van der Waals surface area contributed by atoms with Crippen LogP contribution in [0.25, 0.3) is 0 Å². The molecular weight excluding hydrogens is 228 g/mol. The molecule has 1 aromatic heterocycles. The summed E-state index contributed by atoms with van der Waals surface area (Å²) in [7, 11) is 0. The molecule has 1 aromatic rings. The van der Waals surface area contributed by atoms with Crippen molar-refractivity contribution < 1.29 is 9.53 Å². The monoisotopic (exact) mass is 246 g/mol. The van der Waals surface area contributed by atoms with Crippen LogP contribution < -0.4 is 5.32 Å².